The van der Waals surface area contributed by atoms with Gasteiger partial charge in [-0.25, -0.2) is 12.8 Å². The molecule has 0 bridgehead atoms. The summed E-state index contributed by atoms with van der Waals surface area (Å²) in [6.45, 7) is 2.37. The van der Waals surface area contributed by atoms with Crippen molar-refractivity contribution in [3.63, 3.8) is 0 Å². The molecule has 0 N–H and O–H groups in total. The van der Waals surface area contributed by atoms with Crippen molar-refractivity contribution in [1.29, 1.82) is 0 Å². The van der Waals surface area contributed by atoms with Gasteiger partial charge in [0.1, 0.15) is 11.6 Å². The fourth-order valence-electron chi connectivity index (χ4n) is 2.61. The molecular formula is C20H19FN2O3S. The van der Waals surface area contributed by atoms with Crippen LogP contribution in [0.2, 0.25) is 0 Å². The molecule has 0 saturated heterocycles. The van der Waals surface area contributed by atoms with E-state index < -0.39 is 15.8 Å². The Morgan fingerprint density at radius 3 is 2.48 bits per heavy atom. The third-order valence-electron chi connectivity index (χ3n) is 3.87. The summed E-state index contributed by atoms with van der Waals surface area (Å²) in [5, 5.41) is 0. The van der Waals surface area contributed by atoms with Gasteiger partial charge in [0.05, 0.1) is 23.7 Å². The molecule has 0 atom stereocenters. The first-order valence-corrected chi connectivity index (χ1v) is 9.85. The standard InChI is InChI=1S/C20H19FN2O3S/c1-2-26-19-8-10-20(11-9-19)27(24,25)23(15-16-5-4-12-22-14-16)18-7-3-6-17(21)13-18/h3-14H,2,15H2,1H3. The summed E-state index contributed by atoms with van der Waals surface area (Å²) in [7, 11) is -3.92. The number of ether oxygens (including phenoxy) is 1. The average Bonchev–Trinajstić information content (AvgIpc) is 2.67. The van der Waals surface area contributed by atoms with Crippen LogP contribution in [0.3, 0.4) is 0 Å². The normalized spacial score (nSPS) is 11.2. The minimum Gasteiger partial charge on any atom is -0.494 e. The topological polar surface area (TPSA) is 59.5 Å². The second-order valence-corrected chi connectivity index (χ2v) is 7.62. The van der Waals surface area contributed by atoms with E-state index in [-0.39, 0.29) is 17.1 Å². The van der Waals surface area contributed by atoms with E-state index in [1.165, 1.54) is 34.6 Å². The van der Waals surface area contributed by atoms with E-state index in [9.17, 15) is 12.8 Å². The molecule has 2 aromatic carbocycles. The van der Waals surface area contributed by atoms with Crippen molar-refractivity contribution in [2.24, 2.45) is 0 Å². The first-order valence-electron chi connectivity index (χ1n) is 8.41. The number of aromatic nitrogens is 1. The van der Waals surface area contributed by atoms with E-state index in [2.05, 4.69) is 4.98 Å². The summed E-state index contributed by atoms with van der Waals surface area (Å²) in [6, 6.07) is 15.2. The molecule has 0 aliphatic rings. The Hall–Kier alpha value is -2.93. The molecule has 27 heavy (non-hydrogen) atoms. The van der Waals surface area contributed by atoms with Crippen LogP contribution in [0, 0.1) is 5.82 Å². The Morgan fingerprint density at radius 1 is 1.07 bits per heavy atom. The summed E-state index contributed by atoms with van der Waals surface area (Å²) in [5.74, 6) is 0.0756. The van der Waals surface area contributed by atoms with Crippen molar-refractivity contribution in [2.45, 2.75) is 18.4 Å². The lowest BCUT2D eigenvalue weighted by molar-refractivity contribution is 0.340. The van der Waals surface area contributed by atoms with Gasteiger partial charge in [-0.05, 0) is 61.0 Å². The van der Waals surface area contributed by atoms with Gasteiger partial charge in [-0.15, -0.1) is 0 Å². The van der Waals surface area contributed by atoms with Crippen molar-refractivity contribution in [1.82, 2.24) is 4.98 Å². The van der Waals surface area contributed by atoms with Gasteiger partial charge in [0.25, 0.3) is 10.0 Å². The minimum atomic E-state index is -3.92. The molecule has 1 heterocycles. The number of rotatable bonds is 7. The van der Waals surface area contributed by atoms with Gasteiger partial charge in [-0.1, -0.05) is 12.1 Å². The molecule has 1 aromatic heterocycles. The molecule has 0 aliphatic carbocycles. The van der Waals surface area contributed by atoms with Crippen molar-refractivity contribution in [3.8, 4) is 5.75 Å². The Kier molecular flexibility index (Phi) is 5.71. The largest absolute Gasteiger partial charge is 0.494 e. The third-order valence-corrected chi connectivity index (χ3v) is 5.66. The summed E-state index contributed by atoms with van der Waals surface area (Å²) in [5.41, 5.74) is 0.934. The lowest BCUT2D eigenvalue weighted by atomic mass is 10.2. The monoisotopic (exact) mass is 386 g/mol. The number of anilines is 1. The number of pyridine rings is 1. The molecular weight excluding hydrogens is 367 g/mol. The van der Waals surface area contributed by atoms with Gasteiger partial charge in [0.15, 0.2) is 0 Å². The third kappa shape index (κ3) is 4.43. The maximum atomic E-state index is 13.7. The molecule has 0 radical (unpaired) electrons. The van der Waals surface area contributed by atoms with Crippen LogP contribution in [0.5, 0.6) is 5.75 Å². The SMILES string of the molecule is CCOc1ccc(S(=O)(=O)N(Cc2cccnc2)c2cccc(F)c2)cc1. The molecule has 0 spiro atoms. The quantitative estimate of drug-likeness (QED) is 0.615. The highest BCUT2D eigenvalue weighted by atomic mass is 32.2. The fourth-order valence-corrected chi connectivity index (χ4v) is 4.05. The van der Waals surface area contributed by atoms with Gasteiger partial charge >= 0.3 is 0 Å². The summed E-state index contributed by atoms with van der Waals surface area (Å²) in [4.78, 5) is 4.12. The number of benzene rings is 2. The van der Waals surface area contributed by atoms with E-state index in [1.54, 1.807) is 42.7 Å². The maximum Gasteiger partial charge on any atom is 0.264 e. The minimum absolute atomic E-state index is 0.0346. The molecule has 5 nitrogen and oxygen atoms in total. The lowest BCUT2D eigenvalue weighted by Crippen LogP contribution is -2.30. The molecule has 3 aromatic rings. The first-order chi connectivity index (χ1) is 13.0. The van der Waals surface area contributed by atoms with Crippen LogP contribution in [0.15, 0.2) is 78.0 Å². The summed E-state index contributed by atoms with van der Waals surface area (Å²) in [6.07, 6.45) is 3.19. The highest BCUT2D eigenvalue weighted by Crippen LogP contribution is 2.27. The van der Waals surface area contributed by atoms with Gasteiger partial charge < -0.3 is 4.74 Å². The highest BCUT2D eigenvalue weighted by Gasteiger charge is 2.25. The molecule has 140 valence electrons. The van der Waals surface area contributed by atoms with Gasteiger partial charge in [-0.2, -0.15) is 0 Å². The highest BCUT2D eigenvalue weighted by molar-refractivity contribution is 7.92. The molecule has 7 heteroatoms. The summed E-state index contributed by atoms with van der Waals surface area (Å²) >= 11 is 0. The van der Waals surface area contributed by atoms with Crippen LogP contribution in [0.4, 0.5) is 10.1 Å². The van der Waals surface area contributed by atoms with Crippen molar-refractivity contribution >= 4 is 15.7 Å². The molecule has 0 fully saturated rings. The van der Waals surface area contributed by atoms with Crippen LogP contribution in [0.25, 0.3) is 0 Å². The number of hydrogen-bond acceptors (Lipinski definition) is 4. The van der Waals surface area contributed by atoms with Gasteiger partial charge in [0.2, 0.25) is 0 Å². The zero-order valence-corrected chi connectivity index (χ0v) is 15.6. The molecule has 0 unspecified atom stereocenters. The van der Waals surface area contributed by atoms with Crippen LogP contribution < -0.4 is 9.04 Å². The lowest BCUT2D eigenvalue weighted by Gasteiger charge is -2.24. The van der Waals surface area contributed by atoms with Crippen molar-refractivity contribution in [2.75, 3.05) is 10.9 Å². The Morgan fingerprint density at radius 2 is 1.85 bits per heavy atom. The molecule has 0 amide bonds. The average molecular weight is 386 g/mol. The van der Waals surface area contributed by atoms with E-state index in [4.69, 9.17) is 4.74 Å². The van der Waals surface area contributed by atoms with Crippen molar-refractivity contribution < 1.29 is 17.5 Å². The maximum absolute atomic E-state index is 13.7. The predicted molar refractivity (Wildman–Crippen MR) is 102 cm³/mol. The fraction of sp³-hybridized carbons (Fsp3) is 0.150. The van der Waals surface area contributed by atoms with Crippen LogP contribution >= 0.6 is 0 Å². The van der Waals surface area contributed by atoms with Crippen LogP contribution in [-0.2, 0) is 16.6 Å². The zero-order valence-electron chi connectivity index (χ0n) is 14.7. The van der Waals surface area contributed by atoms with E-state index in [0.29, 0.717) is 17.9 Å². The van der Waals surface area contributed by atoms with Crippen molar-refractivity contribution in [3.05, 3.63) is 84.4 Å². The molecule has 3 rings (SSSR count). The Bertz CT molecular complexity index is 993. The van der Waals surface area contributed by atoms with E-state index in [0.717, 1.165) is 0 Å². The smallest absolute Gasteiger partial charge is 0.264 e. The van der Waals surface area contributed by atoms with Gasteiger partial charge in [0, 0.05) is 12.4 Å². The van der Waals surface area contributed by atoms with E-state index in [1.807, 2.05) is 6.92 Å². The Balaban J connectivity index is 2.02. The molecule has 0 aliphatic heterocycles. The molecule has 0 saturated carbocycles. The second kappa shape index (κ2) is 8.18. The number of sulfonamides is 1. The number of nitrogens with zero attached hydrogens (tertiary/aromatic N) is 2. The first kappa shape index (κ1) is 18.8. The van der Waals surface area contributed by atoms with Crippen LogP contribution in [-0.4, -0.2) is 20.0 Å². The van der Waals surface area contributed by atoms with E-state index >= 15 is 0 Å². The number of hydrogen-bond donors (Lipinski definition) is 0. The second-order valence-electron chi connectivity index (χ2n) is 5.76. The Labute approximate surface area is 158 Å². The zero-order chi connectivity index (χ0) is 19.3. The summed E-state index contributed by atoms with van der Waals surface area (Å²) < 4.78 is 46.8. The number of halogens is 1. The predicted octanol–water partition coefficient (Wildman–Crippen LogP) is 4.01. The van der Waals surface area contributed by atoms with Crippen LogP contribution in [0.1, 0.15) is 12.5 Å². The van der Waals surface area contributed by atoms with Gasteiger partial charge in [-0.3, -0.25) is 9.29 Å².